The van der Waals surface area contributed by atoms with Crippen molar-refractivity contribution in [1.29, 1.82) is 0 Å². The maximum absolute atomic E-state index is 12.0. The van der Waals surface area contributed by atoms with Crippen LogP contribution >= 0.6 is 0 Å². The third-order valence-corrected chi connectivity index (χ3v) is 4.09. The Bertz CT molecular complexity index is 573. The van der Waals surface area contributed by atoms with Crippen LogP contribution in [0.15, 0.2) is 18.3 Å². The molecule has 0 radical (unpaired) electrons. The van der Waals surface area contributed by atoms with Crippen LogP contribution < -0.4 is 5.32 Å². The maximum atomic E-state index is 12.0. The van der Waals surface area contributed by atoms with Crippen molar-refractivity contribution in [3.63, 3.8) is 0 Å². The first-order valence-electron chi connectivity index (χ1n) is 6.97. The van der Waals surface area contributed by atoms with E-state index in [-0.39, 0.29) is 17.4 Å². The fourth-order valence-corrected chi connectivity index (χ4v) is 2.78. The summed E-state index contributed by atoms with van der Waals surface area (Å²) in [5, 5.41) is 3.00. The maximum Gasteiger partial charge on any atom is 0.229 e. The quantitative estimate of drug-likeness (QED) is 0.637. The minimum Gasteiger partial charge on any atom is -0.351 e. The number of aromatic nitrogens is 1. The molecule has 1 atom stereocenters. The lowest BCUT2D eigenvalue weighted by molar-refractivity contribution is -0.120. The average molecular weight is 286 g/mol. The van der Waals surface area contributed by atoms with Crippen LogP contribution in [0.4, 0.5) is 0 Å². The summed E-state index contributed by atoms with van der Waals surface area (Å²) in [5.41, 5.74) is 4.94. The first kappa shape index (κ1) is 14.8. The van der Waals surface area contributed by atoms with Crippen molar-refractivity contribution >= 4 is 14.0 Å². The van der Waals surface area contributed by atoms with Gasteiger partial charge in [-0.3, -0.25) is 9.78 Å². The van der Waals surface area contributed by atoms with Crippen LogP contribution in [0, 0.1) is 11.5 Å². The van der Waals surface area contributed by atoms with Crippen LogP contribution in [0.5, 0.6) is 0 Å². The lowest BCUT2D eigenvalue weighted by Gasteiger charge is -2.16. The Morgan fingerprint density at radius 3 is 2.50 bits per heavy atom. The standard InChI is InChI=1S/C16H22N2OSi/c1-16(2)10-13(15(19)18-16)14-7-6-12(11-17-14)8-9-20(3,4)5/h6-7,11,13H,10H2,1-5H3,(H,18,19). The summed E-state index contributed by atoms with van der Waals surface area (Å²) in [6, 6.07) is 3.90. The van der Waals surface area contributed by atoms with Gasteiger partial charge in [0.05, 0.1) is 11.6 Å². The molecule has 4 heteroatoms. The molecule has 1 amide bonds. The molecule has 20 heavy (non-hydrogen) atoms. The number of amides is 1. The van der Waals surface area contributed by atoms with Crippen LogP contribution in [-0.4, -0.2) is 24.5 Å². The summed E-state index contributed by atoms with van der Waals surface area (Å²) < 4.78 is 0. The molecule has 3 nitrogen and oxygen atoms in total. The van der Waals surface area contributed by atoms with E-state index < -0.39 is 8.07 Å². The number of hydrogen-bond acceptors (Lipinski definition) is 2. The minimum atomic E-state index is -1.36. The SMILES string of the molecule is CC1(C)CC(c2ccc(C#C[Si](C)(C)C)cn2)C(=O)N1. The summed E-state index contributed by atoms with van der Waals surface area (Å²) in [4.78, 5) is 16.4. The van der Waals surface area contributed by atoms with Gasteiger partial charge in [-0.1, -0.05) is 25.6 Å². The third kappa shape index (κ3) is 3.70. The van der Waals surface area contributed by atoms with Crippen LogP contribution in [0.25, 0.3) is 0 Å². The Balaban J connectivity index is 2.17. The van der Waals surface area contributed by atoms with Crippen molar-refractivity contribution in [2.24, 2.45) is 0 Å². The van der Waals surface area contributed by atoms with E-state index in [1.54, 1.807) is 6.20 Å². The molecule has 1 aromatic rings. The molecule has 1 unspecified atom stereocenters. The van der Waals surface area contributed by atoms with Gasteiger partial charge in [-0.15, -0.1) is 5.54 Å². The minimum absolute atomic E-state index is 0.0726. The van der Waals surface area contributed by atoms with Crippen molar-refractivity contribution in [3.8, 4) is 11.5 Å². The topological polar surface area (TPSA) is 42.0 Å². The van der Waals surface area contributed by atoms with Gasteiger partial charge in [0.2, 0.25) is 5.91 Å². The first-order valence-corrected chi connectivity index (χ1v) is 10.5. The van der Waals surface area contributed by atoms with Crippen molar-refractivity contribution in [2.45, 2.75) is 51.4 Å². The van der Waals surface area contributed by atoms with Crippen molar-refractivity contribution in [3.05, 3.63) is 29.6 Å². The van der Waals surface area contributed by atoms with Crippen molar-refractivity contribution in [2.75, 3.05) is 0 Å². The number of carbonyl (C=O) groups excluding carboxylic acids is 1. The van der Waals surface area contributed by atoms with E-state index in [1.165, 1.54) is 0 Å². The van der Waals surface area contributed by atoms with Gasteiger partial charge in [0, 0.05) is 17.3 Å². The van der Waals surface area contributed by atoms with E-state index in [9.17, 15) is 4.79 Å². The van der Waals surface area contributed by atoms with E-state index >= 15 is 0 Å². The summed E-state index contributed by atoms with van der Waals surface area (Å²) in [6.07, 6.45) is 2.57. The molecule has 1 fully saturated rings. The molecular weight excluding hydrogens is 264 g/mol. The van der Waals surface area contributed by atoms with Crippen LogP contribution in [0.1, 0.15) is 37.4 Å². The summed E-state index contributed by atoms with van der Waals surface area (Å²) in [7, 11) is -1.36. The van der Waals surface area contributed by atoms with Gasteiger partial charge in [0.15, 0.2) is 0 Å². The van der Waals surface area contributed by atoms with Gasteiger partial charge in [-0.05, 0) is 32.4 Å². The number of rotatable bonds is 1. The largest absolute Gasteiger partial charge is 0.351 e. The molecular formula is C16H22N2OSi. The fraction of sp³-hybridized carbons (Fsp3) is 0.500. The van der Waals surface area contributed by atoms with Gasteiger partial charge in [-0.2, -0.15) is 0 Å². The van der Waals surface area contributed by atoms with Crippen LogP contribution in [-0.2, 0) is 4.79 Å². The molecule has 2 rings (SSSR count). The number of hydrogen-bond donors (Lipinski definition) is 1. The molecule has 106 valence electrons. The van der Waals surface area contributed by atoms with E-state index in [1.807, 2.05) is 26.0 Å². The first-order chi connectivity index (χ1) is 9.16. The normalized spacial score (nSPS) is 21.1. The predicted octanol–water partition coefficient (Wildman–Crippen LogP) is 2.69. The lowest BCUT2D eigenvalue weighted by Crippen LogP contribution is -2.34. The zero-order valence-electron chi connectivity index (χ0n) is 12.9. The fourth-order valence-electron chi connectivity index (χ4n) is 2.26. The zero-order valence-corrected chi connectivity index (χ0v) is 13.9. The Morgan fingerprint density at radius 1 is 1.35 bits per heavy atom. The van der Waals surface area contributed by atoms with E-state index in [0.29, 0.717) is 0 Å². The Labute approximate surface area is 122 Å². The Morgan fingerprint density at radius 2 is 2.05 bits per heavy atom. The highest BCUT2D eigenvalue weighted by Crippen LogP contribution is 2.31. The second-order valence-electron chi connectivity index (χ2n) is 7.10. The summed E-state index contributed by atoms with van der Waals surface area (Å²) >= 11 is 0. The number of nitrogens with one attached hydrogen (secondary N) is 1. The van der Waals surface area contributed by atoms with E-state index in [2.05, 4.69) is 41.4 Å². The second kappa shape index (κ2) is 5.06. The highest BCUT2D eigenvalue weighted by atomic mass is 28.3. The Hall–Kier alpha value is -1.60. The highest BCUT2D eigenvalue weighted by molar-refractivity contribution is 6.83. The molecule has 0 bridgehead atoms. The lowest BCUT2D eigenvalue weighted by atomic mass is 9.94. The highest BCUT2D eigenvalue weighted by Gasteiger charge is 2.38. The monoisotopic (exact) mass is 286 g/mol. The molecule has 1 aromatic heterocycles. The summed E-state index contributed by atoms with van der Waals surface area (Å²) in [6.45, 7) is 10.7. The van der Waals surface area contributed by atoms with Gasteiger partial charge in [-0.25, -0.2) is 0 Å². The van der Waals surface area contributed by atoms with Gasteiger partial charge in [0.25, 0.3) is 0 Å². The van der Waals surface area contributed by atoms with Crippen LogP contribution in [0.3, 0.4) is 0 Å². The molecule has 1 aliphatic heterocycles. The second-order valence-corrected chi connectivity index (χ2v) is 11.9. The predicted molar refractivity (Wildman–Crippen MR) is 84.0 cm³/mol. The molecule has 0 aromatic carbocycles. The molecule has 1 saturated heterocycles. The average Bonchev–Trinajstić information content (AvgIpc) is 2.60. The van der Waals surface area contributed by atoms with Gasteiger partial charge < -0.3 is 5.32 Å². The van der Waals surface area contributed by atoms with E-state index in [0.717, 1.165) is 17.7 Å². The van der Waals surface area contributed by atoms with Crippen LogP contribution in [0.2, 0.25) is 19.6 Å². The van der Waals surface area contributed by atoms with Gasteiger partial charge in [0.1, 0.15) is 8.07 Å². The molecule has 0 saturated carbocycles. The summed E-state index contributed by atoms with van der Waals surface area (Å²) in [5.74, 6) is 3.12. The third-order valence-electron chi connectivity index (χ3n) is 3.22. The number of pyridine rings is 1. The molecule has 1 aliphatic rings. The van der Waals surface area contributed by atoms with Crippen molar-refractivity contribution < 1.29 is 4.79 Å². The number of nitrogens with zero attached hydrogens (tertiary/aromatic N) is 1. The molecule has 0 aliphatic carbocycles. The van der Waals surface area contributed by atoms with E-state index in [4.69, 9.17) is 0 Å². The molecule has 1 N–H and O–H groups in total. The van der Waals surface area contributed by atoms with Crippen molar-refractivity contribution in [1.82, 2.24) is 10.3 Å². The Kier molecular flexibility index (Phi) is 3.75. The smallest absolute Gasteiger partial charge is 0.229 e. The molecule has 0 spiro atoms. The zero-order chi connectivity index (χ0) is 15.0. The van der Waals surface area contributed by atoms with Gasteiger partial charge >= 0.3 is 0 Å². The molecule has 2 heterocycles. The number of carbonyl (C=O) groups is 1.